The number of nitro benzene ring substituents is 1. The summed E-state index contributed by atoms with van der Waals surface area (Å²) in [6.07, 6.45) is -5.03. The van der Waals surface area contributed by atoms with Gasteiger partial charge < -0.3 is 4.90 Å². The highest BCUT2D eigenvalue weighted by Crippen LogP contribution is 2.32. The summed E-state index contributed by atoms with van der Waals surface area (Å²) in [5, 5.41) is 11.0. The summed E-state index contributed by atoms with van der Waals surface area (Å²) in [6.45, 7) is 4.60. The third-order valence-electron chi connectivity index (χ3n) is 2.95. The molecular weight excluding hydrogens is 289 g/mol. The number of carbonyl (C=O) groups is 1. The molecule has 8 heteroatoms. The number of alkyl halides is 3. The molecule has 1 aromatic rings. The molecule has 0 aliphatic rings. The van der Waals surface area contributed by atoms with Crippen LogP contribution in [0.2, 0.25) is 0 Å². The number of hydrogen-bond donors (Lipinski definition) is 0. The zero-order chi connectivity index (χ0) is 16.4. The molecule has 5 nitrogen and oxygen atoms in total. The second kappa shape index (κ2) is 6.11. The Hall–Kier alpha value is -2.12. The van der Waals surface area contributed by atoms with Gasteiger partial charge in [-0.15, -0.1) is 0 Å². The molecule has 1 rings (SSSR count). The summed E-state index contributed by atoms with van der Waals surface area (Å²) in [4.78, 5) is 22.2. The predicted molar refractivity (Wildman–Crippen MR) is 71.3 cm³/mol. The molecule has 0 saturated heterocycles. The van der Waals surface area contributed by atoms with Crippen molar-refractivity contribution in [3.05, 3.63) is 33.9 Å². The lowest BCUT2D eigenvalue weighted by Gasteiger charge is -2.22. The van der Waals surface area contributed by atoms with Crippen molar-refractivity contribution in [2.75, 3.05) is 11.4 Å². The largest absolute Gasteiger partial charge is 0.471 e. The third-order valence-corrected chi connectivity index (χ3v) is 2.95. The van der Waals surface area contributed by atoms with Crippen LogP contribution in [-0.2, 0) is 4.79 Å². The number of rotatable bonds is 4. The fraction of sp³-hybridized carbons (Fsp3) is 0.462. The van der Waals surface area contributed by atoms with Crippen LogP contribution in [-0.4, -0.2) is 23.6 Å². The van der Waals surface area contributed by atoms with Gasteiger partial charge in [-0.1, -0.05) is 13.8 Å². The minimum absolute atomic E-state index is 0.143. The van der Waals surface area contributed by atoms with Crippen molar-refractivity contribution in [3.8, 4) is 0 Å². The first-order chi connectivity index (χ1) is 9.59. The SMILES string of the molecule is CCN(C(=O)C(F)(F)F)c1ccc(C(C)C)c([N+](=O)[O-])c1. The van der Waals surface area contributed by atoms with E-state index in [2.05, 4.69) is 0 Å². The Labute approximate surface area is 119 Å². The van der Waals surface area contributed by atoms with Gasteiger partial charge in [0.1, 0.15) is 0 Å². The van der Waals surface area contributed by atoms with Gasteiger partial charge >= 0.3 is 12.1 Å². The van der Waals surface area contributed by atoms with Crippen LogP contribution >= 0.6 is 0 Å². The van der Waals surface area contributed by atoms with Gasteiger partial charge in [0.2, 0.25) is 0 Å². The first-order valence-corrected chi connectivity index (χ1v) is 6.26. The summed E-state index contributed by atoms with van der Waals surface area (Å²) < 4.78 is 37.5. The summed E-state index contributed by atoms with van der Waals surface area (Å²) in [5.74, 6) is -2.20. The molecule has 1 amide bonds. The fourth-order valence-electron chi connectivity index (χ4n) is 1.94. The van der Waals surface area contributed by atoms with Crippen molar-refractivity contribution < 1.29 is 22.9 Å². The van der Waals surface area contributed by atoms with Crippen LogP contribution in [0, 0.1) is 10.1 Å². The molecule has 0 N–H and O–H groups in total. The van der Waals surface area contributed by atoms with E-state index in [0.29, 0.717) is 10.5 Å². The molecule has 116 valence electrons. The standard InChI is InChI=1S/C13H15F3N2O3/c1-4-17(12(19)13(14,15)16)9-5-6-10(8(2)3)11(7-9)18(20)21/h5-8H,4H2,1-3H3. The lowest BCUT2D eigenvalue weighted by atomic mass is 10.0. The molecule has 0 aliphatic carbocycles. The maximum absolute atomic E-state index is 12.5. The van der Waals surface area contributed by atoms with E-state index in [1.165, 1.54) is 19.1 Å². The van der Waals surface area contributed by atoms with Gasteiger partial charge in [0.25, 0.3) is 5.69 Å². The van der Waals surface area contributed by atoms with Crippen molar-refractivity contribution in [2.24, 2.45) is 0 Å². The number of carbonyl (C=O) groups excluding carboxylic acids is 1. The Bertz CT molecular complexity index is 556. The second-order valence-electron chi connectivity index (χ2n) is 4.70. The van der Waals surface area contributed by atoms with Crippen LogP contribution < -0.4 is 4.90 Å². The molecule has 1 aromatic carbocycles. The molecule has 0 spiro atoms. The van der Waals surface area contributed by atoms with Crippen LogP contribution in [0.25, 0.3) is 0 Å². The van der Waals surface area contributed by atoms with Crippen LogP contribution in [0.5, 0.6) is 0 Å². The monoisotopic (exact) mass is 304 g/mol. The Morgan fingerprint density at radius 1 is 1.38 bits per heavy atom. The van der Waals surface area contributed by atoms with E-state index in [1.807, 2.05) is 0 Å². The molecule has 0 radical (unpaired) electrons. The summed E-state index contributed by atoms with van der Waals surface area (Å²) >= 11 is 0. The smallest absolute Gasteiger partial charge is 0.305 e. The molecule has 0 atom stereocenters. The molecule has 0 unspecified atom stereocenters. The second-order valence-corrected chi connectivity index (χ2v) is 4.70. The maximum Gasteiger partial charge on any atom is 0.471 e. The number of hydrogen-bond acceptors (Lipinski definition) is 3. The van der Waals surface area contributed by atoms with Crippen LogP contribution in [0.1, 0.15) is 32.3 Å². The molecular formula is C13H15F3N2O3. The lowest BCUT2D eigenvalue weighted by molar-refractivity contribution is -0.385. The van der Waals surface area contributed by atoms with Gasteiger partial charge in [-0.3, -0.25) is 14.9 Å². The normalized spacial score (nSPS) is 11.6. The Balaban J connectivity index is 3.33. The van der Waals surface area contributed by atoms with Crippen molar-refractivity contribution in [1.82, 2.24) is 0 Å². The summed E-state index contributed by atoms with van der Waals surface area (Å²) in [6, 6.07) is 3.67. The lowest BCUT2D eigenvalue weighted by Crippen LogP contribution is -2.41. The Morgan fingerprint density at radius 3 is 2.33 bits per heavy atom. The van der Waals surface area contributed by atoms with Crippen molar-refractivity contribution in [1.29, 1.82) is 0 Å². The minimum Gasteiger partial charge on any atom is -0.305 e. The van der Waals surface area contributed by atoms with Gasteiger partial charge in [0.05, 0.1) is 10.6 Å². The number of nitro groups is 1. The van der Waals surface area contributed by atoms with Crippen LogP contribution in [0.3, 0.4) is 0 Å². The highest BCUT2D eigenvalue weighted by molar-refractivity contribution is 5.97. The van der Waals surface area contributed by atoms with Gasteiger partial charge in [0, 0.05) is 18.2 Å². The van der Waals surface area contributed by atoms with E-state index >= 15 is 0 Å². The van der Waals surface area contributed by atoms with Crippen molar-refractivity contribution in [3.63, 3.8) is 0 Å². The van der Waals surface area contributed by atoms with E-state index in [4.69, 9.17) is 0 Å². The van der Waals surface area contributed by atoms with Gasteiger partial charge in [-0.2, -0.15) is 13.2 Å². The minimum atomic E-state index is -5.03. The quantitative estimate of drug-likeness (QED) is 0.630. The zero-order valence-electron chi connectivity index (χ0n) is 11.8. The first-order valence-electron chi connectivity index (χ1n) is 6.26. The van der Waals surface area contributed by atoms with Crippen molar-refractivity contribution in [2.45, 2.75) is 32.9 Å². The Morgan fingerprint density at radius 2 is 1.95 bits per heavy atom. The topological polar surface area (TPSA) is 63.5 Å². The zero-order valence-corrected chi connectivity index (χ0v) is 11.8. The molecule has 0 aliphatic heterocycles. The van der Waals surface area contributed by atoms with Gasteiger partial charge in [-0.25, -0.2) is 0 Å². The molecule has 0 saturated carbocycles. The summed E-state index contributed by atoms with van der Waals surface area (Å²) in [7, 11) is 0. The first kappa shape index (κ1) is 16.9. The van der Waals surface area contributed by atoms with E-state index in [0.717, 1.165) is 6.07 Å². The Kier molecular flexibility index (Phi) is 4.93. The maximum atomic E-state index is 12.5. The summed E-state index contributed by atoms with van der Waals surface area (Å²) in [5.41, 5.74) is -0.0360. The van der Waals surface area contributed by atoms with E-state index in [9.17, 15) is 28.1 Å². The number of nitrogens with zero attached hydrogens (tertiary/aromatic N) is 2. The number of halogens is 3. The van der Waals surface area contributed by atoms with Crippen LogP contribution in [0.4, 0.5) is 24.5 Å². The van der Waals surface area contributed by atoms with Gasteiger partial charge in [0.15, 0.2) is 0 Å². The molecule has 0 aromatic heterocycles. The fourth-order valence-corrected chi connectivity index (χ4v) is 1.94. The average molecular weight is 304 g/mol. The highest BCUT2D eigenvalue weighted by atomic mass is 19.4. The molecule has 0 fully saturated rings. The highest BCUT2D eigenvalue weighted by Gasteiger charge is 2.42. The van der Waals surface area contributed by atoms with E-state index in [-0.39, 0.29) is 23.8 Å². The molecule has 0 bridgehead atoms. The van der Waals surface area contributed by atoms with Gasteiger partial charge in [-0.05, 0) is 25.0 Å². The predicted octanol–water partition coefficient (Wildman–Crippen LogP) is 3.63. The number of amides is 1. The van der Waals surface area contributed by atoms with Crippen LogP contribution in [0.15, 0.2) is 18.2 Å². The average Bonchev–Trinajstić information content (AvgIpc) is 2.37. The molecule has 21 heavy (non-hydrogen) atoms. The third kappa shape index (κ3) is 3.71. The van der Waals surface area contributed by atoms with E-state index < -0.39 is 17.0 Å². The van der Waals surface area contributed by atoms with Crippen molar-refractivity contribution >= 4 is 17.3 Å². The number of anilines is 1. The molecule has 0 heterocycles. The number of benzene rings is 1. The van der Waals surface area contributed by atoms with E-state index in [1.54, 1.807) is 13.8 Å².